The van der Waals surface area contributed by atoms with Crippen LogP contribution < -0.4 is 26.4 Å². The van der Waals surface area contributed by atoms with Crippen molar-refractivity contribution in [2.75, 3.05) is 82.9 Å². The minimum Gasteiger partial charge on any atom is -0.462 e. The van der Waals surface area contributed by atoms with Crippen LogP contribution in [0.3, 0.4) is 0 Å². The molecule has 0 bridgehead atoms. The van der Waals surface area contributed by atoms with E-state index >= 15 is 0 Å². The predicted molar refractivity (Wildman–Crippen MR) is 242 cm³/mol. The van der Waals surface area contributed by atoms with Crippen molar-refractivity contribution >= 4 is 98.3 Å². The number of fused-ring (bicyclic) bond motifs is 10. The van der Waals surface area contributed by atoms with Crippen molar-refractivity contribution in [1.29, 1.82) is 0 Å². The van der Waals surface area contributed by atoms with Crippen molar-refractivity contribution in [3.05, 3.63) is 104 Å². The average Bonchev–Trinajstić information content (AvgIpc) is 3.63. The highest BCUT2D eigenvalue weighted by Crippen LogP contribution is 2.33. The Labute approximate surface area is 352 Å². The number of anilines is 2. The molecule has 2 aliphatic rings. The first-order valence-electron chi connectivity index (χ1n) is 20.2. The van der Waals surface area contributed by atoms with Gasteiger partial charge in [-0.05, 0) is 95.5 Å². The van der Waals surface area contributed by atoms with E-state index in [0.717, 1.165) is 97.3 Å². The lowest BCUT2D eigenvalue weighted by Gasteiger charge is -2.22. The largest absolute Gasteiger partial charge is 0.462 e. The van der Waals surface area contributed by atoms with Crippen LogP contribution in [0.4, 0.5) is 11.6 Å². The number of nitrogens with two attached hydrogens (primary N) is 1. The van der Waals surface area contributed by atoms with E-state index in [1.807, 2.05) is 69.5 Å². The fourth-order valence-corrected chi connectivity index (χ4v) is 10.6. The molecule has 2 aromatic carbocycles. The number of amides is 1. The molecule has 0 unspecified atom stereocenters. The van der Waals surface area contributed by atoms with Crippen LogP contribution in [0.2, 0.25) is 0 Å². The lowest BCUT2D eigenvalue weighted by molar-refractivity contribution is 0.0527. The maximum absolute atomic E-state index is 13.4. The molecule has 16 heteroatoms. The third-order valence-electron chi connectivity index (χ3n) is 11.4. The van der Waals surface area contributed by atoms with Crippen molar-refractivity contribution in [3.63, 3.8) is 0 Å². The molecule has 0 saturated carbocycles. The number of primary amides is 1. The van der Waals surface area contributed by atoms with E-state index in [0.29, 0.717) is 31.7 Å². The van der Waals surface area contributed by atoms with Crippen molar-refractivity contribution < 1.29 is 14.3 Å². The zero-order valence-electron chi connectivity index (χ0n) is 33.7. The Morgan fingerprint density at radius 3 is 1.58 bits per heavy atom. The Kier molecular flexibility index (Phi) is 10.7. The minimum absolute atomic E-state index is 0.0321. The maximum atomic E-state index is 13.4. The first-order chi connectivity index (χ1) is 29.1. The Balaban J connectivity index is 0.000000154. The lowest BCUT2D eigenvalue weighted by atomic mass is 10.1. The first-order valence-corrected chi connectivity index (χ1v) is 21.8. The number of esters is 1. The van der Waals surface area contributed by atoms with Gasteiger partial charge in [-0.3, -0.25) is 23.2 Å². The molecule has 8 aromatic rings. The number of hydrogen-bond acceptors (Lipinski definition) is 13. The molecule has 6 aromatic heterocycles. The average molecular weight is 844 g/mol. The summed E-state index contributed by atoms with van der Waals surface area (Å²) in [6.45, 7) is 9.64. The second kappa shape index (κ2) is 16.3. The summed E-state index contributed by atoms with van der Waals surface area (Å²) in [4.78, 5) is 71.4. The summed E-state index contributed by atoms with van der Waals surface area (Å²) in [5, 5.41) is 0.843. The minimum atomic E-state index is -0.708. The molecular weight excluding hydrogens is 799 g/mol. The summed E-state index contributed by atoms with van der Waals surface area (Å²) in [7, 11) is 4.26. The van der Waals surface area contributed by atoms with Gasteiger partial charge in [0.25, 0.3) is 5.91 Å². The van der Waals surface area contributed by atoms with Gasteiger partial charge in [-0.2, -0.15) is 0 Å². The van der Waals surface area contributed by atoms with Gasteiger partial charge in [0.15, 0.2) is 11.3 Å². The number of para-hydroxylation sites is 2. The molecule has 8 heterocycles. The van der Waals surface area contributed by atoms with Gasteiger partial charge in [0.05, 0.1) is 37.8 Å². The third kappa shape index (κ3) is 7.02. The van der Waals surface area contributed by atoms with E-state index in [-0.39, 0.29) is 28.6 Å². The molecule has 308 valence electrons. The number of aromatic nitrogens is 4. The summed E-state index contributed by atoms with van der Waals surface area (Å²) < 4.78 is 11.0. The van der Waals surface area contributed by atoms with Gasteiger partial charge in [0, 0.05) is 39.3 Å². The molecule has 0 radical (unpaired) electrons. The molecule has 10 rings (SSSR count). The second-order valence-corrected chi connectivity index (χ2v) is 17.3. The van der Waals surface area contributed by atoms with E-state index in [9.17, 15) is 19.2 Å². The summed E-state index contributed by atoms with van der Waals surface area (Å²) in [6.07, 6.45) is 2.13. The number of rotatable bonds is 5. The standard InChI is InChI=1S/C23H24N4O3S.C21H21N5O2S/c1-3-30-23(29)19-20(28)15-9-10-18(26-12-6-11-25(2)13-14-26)24-21(15)27-16-7-4-5-8-17(16)31-22(19)27;1-24-9-4-10-25(12-11-24)16-8-7-13-18(27)17(19(22)28)21-26(20(13)23-16)14-5-2-3-6-15(14)29-21/h4-5,7-10H,3,6,11-14H2,1-2H3;2-3,5-8H,4,9-12H2,1H3,(H2,22,28). The summed E-state index contributed by atoms with van der Waals surface area (Å²) in [5.74, 6) is 0.414. The Morgan fingerprint density at radius 1 is 0.633 bits per heavy atom. The lowest BCUT2D eigenvalue weighted by Crippen LogP contribution is -2.29. The van der Waals surface area contributed by atoms with E-state index in [4.69, 9.17) is 20.4 Å². The SMILES string of the molecule is CCOC(=O)c1c(=O)c2ccc(N3CCCN(C)CC3)nc2n2c1sc1ccccc12.CN1CCCN(c2ccc3c(=O)c(C(N)=O)c4sc5ccccc5n4c3n2)CC1. The van der Waals surface area contributed by atoms with E-state index in [1.54, 1.807) is 19.1 Å². The number of nitrogens with zero attached hydrogens (tertiary/aromatic N) is 8. The number of carbonyl (C=O) groups is 2. The van der Waals surface area contributed by atoms with E-state index in [1.165, 1.54) is 22.7 Å². The molecule has 0 atom stereocenters. The van der Waals surface area contributed by atoms with Crippen molar-refractivity contribution in [2.24, 2.45) is 5.73 Å². The van der Waals surface area contributed by atoms with Gasteiger partial charge < -0.3 is 30.1 Å². The normalized spacial score (nSPS) is 15.8. The Morgan fingerprint density at radius 2 is 1.10 bits per heavy atom. The molecule has 14 nitrogen and oxygen atoms in total. The van der Waals surface area contributed by atoms with Crippen LogP contribution in [0.15, 0.2) is 82.4 Å². The highest BCUT2D eigenvalue weighted by molar-refractivity contribution is 7.24. The summed E-state index contributed by atoms with van der Waals surface area (Å²) >= 11 is 2.81. The fourth-order valence-electron chi connectivity index (χ4n) is 8.26. The highest BCUT2D eigenvalue weighted by Gasteiger charge is 2.26. The zero-order valence-corrected chi connectivity index (χ0v) is 35.4. The van der Waals surface area contributed by atoms with Crippen molar-refractivity contribution in [3.8, 4) is 0 Å². The van der Waals surface area contributed by atoms with Gasteiger partial charge in [-0.15, -0.1) is 22.7 Å². The quantitative estimate of drug-likeness (QED) is 0.213. The van der Waals surface area contributed by atoms with E-state index < -0.39 is 11.9 Å². The molecule has 2 N–H and O–H groups in total. The van der Waals surface area contributed by atoms with Crippen molar-refractivity contribution in [1.82, 2.24) is 28.6 Å². The van der Waals surface area contributed by atoms with Crippen LogP contribution >= 0.6 is 22.7 Å². The molecule has 2 fully saturated rings. The zero-order chi connectivity index (χ0) is 41.7. The Hall–Kier alpha value is -5.94. The number of pyridine rings is 4. The van der Waals surface area contributed by atoms with Crippen LogP contribution in [0.25, 0.3) is 52.2 Å². The molecule has 2 aliphatic heterocycles. The second-order valence-electron chi connectivity index (χ2n) is 15.3. The van der Waals surface area contributed by atoms with Crippen LogP contribution in [-0.2, 0) is 4.74 Å². The number of ether oxygens (including phenoxy) is 1. The highest BCUT2D eigenvalue weighted by atomic mass is 32.1. The third-order valence-corrected chi connectivity index (χ3v) is 13.7. The number of hydrogen-bond donors (Lipinski definition) is 1. The van der Waals surface area contributed by atoms with Gasteiger partial charge in [-0.25, -0.2) is 14.8 Å². The van der Waals surface area contributed by atoms with Crippen molar-refractivity contribution in [2.45, 2.75) is 19.8 Å². The molecule has 2 saturated heterocycles. The van der Waals surface area contributed by atoms with Gasteiger partial charge >= 0.3 is 5.97 Å². The summed E-state index contributed by atoms with van der Waals surface area (Å²) in [5.41, 5.74) is 8.03. The number of carbonyl (C=O) groups excluding carboxylic acids is 2. The molecule has 60 heavy (non-hydrogen) atoms. The smallest absolute Gasteiger partial charge is 0.345 e. The number of likely N-dealkylation sites (N-methyl/N-ethyl adjacent to an activating group) is 2. The first kappa shape index (κ1) is 39.5. The van der Waals surface area contributed by atoms with Gasteiger partial charge in [0.1, 0.15) is 32.4 Å². The number of thiazole rings is 2. The molecular formula is C44H45N9O5S2. The van der Waals surface area contributed by atoms with Gasteiger partial charge in [-0.1, -0.05) is 24.3 Å². The predicted octanol–water partition coefficient (Wildman–Crippen LogP) is 5.68. The number of benzene rings is 2. The van der Waals surface area contributed by atoms with Crippen LogP contribution in [-0.4, -0.2) is 114 Å². The molecule has 0 spiro atoms. The van der Waals surface area contributed by atoms with Crippen LogP contribution in [0, 0.1) is 0 Å². The molecule has 1 amide bonds. The Bertz CT molecular complexity index is 3100. The summed E-state index contributed by atoms with van der Waals surface area (Å²) in [6, 6.07) is 23.1. The van der Waals surface area contributed by atoms with Crippen LogP contribution in [0.1, 0.15) is 40.5 Å². The van der Waals surface area contributed by atoms with Crippen LogP contribution in [0.5, 0.6) is 0 Å². The monoisotopic (exact) mass is 843 g/mol. The fraction of sp³-hybridized carbons (Fsp3) is 0.318. The maximum Gasteiger partial charge on any atom is 0.345 e. The van der Waals surface area contributed by atoms with E-state index in [2.05, 4.69) is 33.7 Å². The van der Waals surface area contributed by atoms with Gasteiger partial charge in [0.2, 0.25) is 10.9 Å². The topological polar surface area (TPSA) is 151 Å². The molecule has 0 aliphatic carbocycles.